The fraction of sp³-hybridized carbons (Fsp3) is 0.265. The Bertz CT molecular complexity index is 1800. The predicted octanol–water partition coefficient (Wildman–Crippen LogP) is 6.47. The van der Waals surface area contributed by atoms with Gasteiger partial charge < -0.3 is 29.2 Å². The van der Waals surface area contributed by atoms with Crippen molar-refractivity contribution in [2.45, 2.75) is 31.7 Å². The van der Waals surface area contributed by atoms with Crippen LogP contribution in [0.3, 0.4) is 0 Å². The van der Waals surface area contributed by atoms with Crippen LogP contribution in [0.1, 0.15) is 39.4 Å². The average Bonchev–Trinajstić information content (AvgIpc) is 2.99. The molecule has 212 valence electrons. The van der Waals surface area contributed by atoms with Crippen molar-refractivity contribution < 1.29 is 29.2 Å². The summed E-state index contributed by atoms with van der Waals surface area (Å²) in [5.74, 6) is 3.72. The van der Waals surface area contributed by atoms with Crippen molar-refractivity contribution >= 4 is 5.71 Å². The number of aromatic hydroxyl groups is 2. The standard InChI is InChI=1S/C34H30N2O6/c1-36-12-10-22-30-25(36)14-18-3-6-21(7-4-18)40-27-15-19(5-8-26(27)37)13-24-23-17-29-28(16-20(23)9-11-35-24)42-34(32(30)41-29)33(39-2)31(22)38/h3-8,15-17,25,37-38H,9-14H2,1-2H3/t25-/m0/s1. The molecule has 5 heterocycles. The molecule has 0 radical (unpaired) electrons. The highest BCUT2D eigenvalue weighted by molar-refractivity contribution is 6.04. The normalized spacial score (nSPS) is 18.2. The summed E-state index contributed by atoms with van der Waals surface area (Å²) in [6.45, 7) is 1.44. The van der Waals surface area contributed by atoms with E-state index < -0.39 is 0 Å². The van der Waals surface area contributed by atoms with E-state index >= 15 is 0 Å². The molecule has 4 aromatic rings. The molecule has 5 aliphatic heterocycles. The van der Waals surface area contributed by atoms with Gasteiger partial charge in [0.2, 0.25) is 11.5 Å². The lowest BCUT2D eigenvalue weighted by Crippen LogP contribution is -2.34. The molecule has 9 rings (SSSR count). The number of hydrogen-bond donors (Lipinski definition) is 2. The third kappa shape index (κ3) is 3.89. The number of benzene rings is 4. The summed E-state index contributed by atoms with van der Waals surface area (Å²) >= 11 is 0. The molecule has 8 heteroatoms. The van der Waals surface area contributed by atoms with Crippen LogP contribution in [-0.2, 0) is 25.7 Å². The molecule has 0 spiro atoms. The Morgan fingerprint density at radius 1 is 0.881 bits per heavy atom. The van der Waals surface area contributed by atoms with Crippen molar-refractivity contribution in [1.29, 1.82) is 0 Å². The van der Waals surface area contributed by atoms with E-state index in [4.69, 9.17) is 23.9 Å². The van der Waals surface area contributed by atoms with Crippen LogP contribution >= 0.6 is 0 Å². The summed E-state index contributed by atoms with van der Waals surface area (Å²) in [4.78, 5) is 7.18. The lowest BCUT2D eigenvalue weighted by atomic mass is 9.86. The molecule has 0 saturated carbocycles. The number of ether oxygens (including phenoxy) is 4. The van der Waals surface area contributed by atoms with Crippen molar-refractivity contribution in [2.75, 3.05) is 27.2 Å². The van der Waals surface area contributed by atoms with Crippen LogP contribution in [0.2, 0.25) is 0 Å². The van der Waals surface area contributed by atoms with Gasteiger partial charge in [0.15, 0.2) is 34.5 Å². The topological polar surface area (TPSA) is 93.0 Å². The quantitative estimate of drug-likeness (QED) is 0.242. The van der Waals surface area contributed by atoms with Crippen LogP contribution in [-0.4, -0.2) is 48.1 Å². The van der Waals surface area contributed by atoms with E-state index in [0.717, 1.165) is 52.1 Å². The summed E-state index contributed by atoms with van der Waals surface area (Å²) in [6.07, 6.45) is 2.69. The first kappa shape index (κ1) is 25.1. The van der Waals surface area contributed by atoms with Crippen molar-refractivity contribution in [2.24, 2.45) is 4.99 Å². The molecule has 2 N–H and O–H groups in total. The number of hydrogen-bond acceptors (Lipinski definition) is 8. The Morgan fingerprint density at radius 2 is 1.67 bits per heavy atom. The van der Waals surface area contributed by atoms with Crippen molar-refractivity contribution in [3.8, 4) is 51.7 Å². The molecule has 8 nitrogen and oxygen atoms in total. The van der Waals surface area contributed by atoms with E-state index in [2.05, 4.69) is 11.9 Å². The van der Waals surface area contributed by atoms with Crippen LogP contribution in [0.4, 0.5) is 0 Å². The van der Waals surface area contributed by atoms with Crippen LogP contribution in [0.5, 0.6) is 51.7 Å². The first-order valence-corrected chi connectivity index (χ1v) is 14.3. The van der Waals surface area contributed by atoms with Gasteiger partial charge in [-0.05, 0) is 79.4 Å². The Morgan fingerprint density at radius 3 is 2.50 bits per heavy atom. The zero-order chi connectivity index (χ0) is 28.5. The fourth-order valence-electron chi connectivity index (χ4n) is 6.64. The number of rotatable bonds is 1. The first-order valence-electron chi connectivity index (χ1n) is 14.3. The Labute approximate surface area is 243 Å². The zero-order valence-electron chi connectivity index (χ0n) is 23.4. The minimum Gasteiger partial charge on any atom is -0.504 e. The minimum absolute atomic E-state index is 0.0782. The van der Waals surface area contributed by atoms with Gasteiger partial charge in [-0.2, -0.15) is 0 Å². The molecule has 42 heavy (non-hydrogen) atoms. The smallest absolute Gasteiger partial charge is 0.216 e. The van der Waals surface area contributed by atoms with Crippen molar-refractivity contribution in [3.63, 3.8) is 0 Å². The monoisotopic (exact) mass is 562 g/mol. The summed E-state index contributed by atoms with van der Waals surface area (Å²) in [6, 6.07) is 17.3. The lowest BCUT2D eigenvalue weighted by molar-refractivity contribution is 0.216. The molecule has 1 atom stereocenters. The van der Waals surface area contributed by atoms with E-state index in [1.54, 1.807) is 13.2 Å². The number of phenols is 2. The Hall–Kier alpha value is -4.69. The van der Waals surface area contributed by atoms with Crippen LogP contribution in [0, 0.1) is 0 Å². The van der Waals surface area contributed by atoms with E-state index in [1.807, 2.05) is 48.5 Å². The second-order valence-electron chi connectivity index (χ2n) is 11.3. The van der Waals surface area contributed by atoms with E-state index in [1.165, 1.54) is 0 Å². The van der Waals surface area contributed by atoms with Crippen molar-refractivity contribution in [3.05, 3.63) is 88.0 Å². The van der Waals surface area contributed by atoms with Crippen LogP contribution in [0.25, 0.3) is 0 Å². The zero-order valence-corrected chi connectivity index (χ0v) is 23.4. The summed E-state index contributed by atoms with van der Waals surface area (Å²) in [5, 5.41) is 22.0. The van der Waals surface area contributed by atoms with Gasteiger partial charge >= 0.3 is 0 Å². The molecule has 4 aromatic carbocycles. The van der Waals surface area contributed by atoms with E-state index in [-0.39, 0.29) is 17.5 Å². The predicted molar refractivity (Wildman–Crippen MR) is 157 cm³/mol. The SMILES string of the molecule is COc1c(O)c2c3c4c1Oc1cc5c(cc1O4)C(=NCC5)Cc1ccc(O)c(c1)Oc1ccc(cc1)C[C@@H]3N(C)CC2. The largest absolute Gasteiger partial charge is 0.504 e. The van der Waals surface area contributed by atoms with Gasteiger partial charge in [0.1, 0.15) is 5.75 Å². The molecule has 7 bridgehead atoms. The number of likely N-dealkylation sites (N-methyl/N-ethyl adjacent to an activating group) is 1. The fourth-order valence-corrected chi connectivity index (χ4v) is 6.64. The molecule has 0 unspecified atom stereocenters. The molecule has 0 aromatic heterocycles. The van der Waals surface area contributed by atoms with E-state index in [9.17, 15) is 10.2 Å². The third-order valence-corrected chi connectivity index (χ3v) is 8.83. The first-order chi connectivity index (χ1) is 20.5. The molecule has 5 aliphatic rings. The van der Waals surface area contributed by atoms with Gasteiger partial charge in [0, 0.05) is 48.0 Å². The van der Waals surface area contributed by atoms with Gasteiger partial charge in [-0.1, -0.05) is 18.2 Å². The van der Waals surface area contributed by atoms with Crippen molar-refractivity contribution in [1.82, 2.24) is 4.90 Å². The second kappa shape index (κ2) is 9.42. The number of phenolic OH excluding ortho intramolecular Hbond substituents is 2. The number of fused-ring (bicyclic) bond motifs is 2. The Kier molecular flexibility index (Phi) is 5.62. The van der Waals surface area contributed by atoms with Crippen LogP contribution < -0.4 is 18.9 Å². The second-order valence-corrected chi connectivity index (χ2v) is 11.3. The number of nitrogens with zero attached hydrogens (tertiary/aromatic N) is 2. The Balaban J connectivity index is 1.35. The van der Waals surface area contributed by atoms with Gasteiger partial charge in [0.25, 0.3) is 0 Å². The lowest BCUT2D eigenvalue weighted by Gasteiger charge is -2.38. The highest BCUT2D eigenvalue weighted by Gasteiger charge is 2.39. The van der Waals surface area contributed by atoms with Gasteiger partial charge in [-0.15, -0.1) is 0 Å². The molecular weight excluding hydrogens is 532 g/mol. The molecule has 0 amide bonds. The maximum absolute atomic E-state index is 11.4. The number of aliphatic imine (C=N–C) groups is 1. The highest BCUT2D eigenvalue weighted by atomic mass is 16.6. The van der Waals surface area contributed by atoms with Gasteiger partial charge in [-0.3, -0.25) is 9.89 Å². The maximum atomic E-state index is 11.4. The molecular formula is C34H30N2O6. The molecule has 0 saturated heterocycles. The minimum atomic E-state index is -0.0782. The summed E-state index contributed by atoms with van der Waals surface area (Å²) in [7, 11) is 3.64. The molecule has 0 fully saturated rings. The van der Waals surface area contributed by atoms with Gasteiger partial charge in [-0.25, -0.2) is 0 Å². The maximum Gasteiger partial charge on any atom is 0.216 e. The van der Waals surface area contributed by atoms with E-state index in [0.29, 0.717) is 66.1 Å². The molecule has 0 aliphatic carbocycles. The number of methoxy groups -OCH3 is 1. The van der Waals surface area contributed by atoms with Gasteiger partial charge in [0.05, 0.1) is 7.11 Å². The highest BCUT2D eigenvalue weighted by Crippen LogP contribution is 2.59. The van der Waals surface area contributed by atoms with Crippen LogP contribution in [0.15, 0.2) is 59.6 Å². The average molecular weight is 563 g/mol. The third-order valence-electron chi connectivity index (χ3n) is 8.83. The summed E-state index contributed by atoms with van der Waals surface area (Å²) < 4.78 is 25.1. The summed E-state index contributed by atoms with van der Waals surface area (Å²) in [5.41, 5.74) is 6.90.